The molecule has 90 valence electrons. The molecule has 0 amide bonds. The van der Waals surface area contributed by atoms with Gasteiger partial charge in [-0.15, -0.1) is 0 Å². The maximum atomic E-state index is 5.96. The quantitative estimate of drug-likeness (QED) is 0.862. The monoisotopic (exact) mass is 250 g/mol. The van der Waals surface area contributed by atoms with E-state index >= 15 is 0 Å². The Hall–Kier alpha value is -1.68. The highest BCUT2D eigenvalue weighted by atomic mass is 35.5. The Kier molecular flexibility index (Phi) is 2.98. The molecule has 0 radical (unpaired) electrons. The Bertz CT molecular complexity index is 560. The first-order valence-electron chi connectivity index (χ1n) is 5.31. The summed E-state index contributed by atoms with van der Waals surface area (Å²) in [6, 6.07) is 5.68. The Morgan fingerprint density at radius 3 is 2.59 bits per heavy atom. The maximum Gasteiger partial charge on any atom is 0.152 e. The minimum Gasteiger partial charge on any atom is -0.394 e. The number of benzene rings is 1. The summed E-state index contributed by atoms with van der Waals surface area (Å²) in [5.41, 5.74) is 9.49. The van der Waals surface area contributed by atoms with Crippen LogP contribution in [0.3, 0.4) is 0 Å². The van der Waals surface area contributed by atoms with Crippen LogP contribution in [0.15, 0.2) is 18.2 Å². The van der Waals surface area contributed by atoms with Gasteiger partial charge in [-0.2, -0.15) is 5.10 Å². The van der Waals surface area contributed by atoms with Gasteiger partial charge >= 0.3 is 0 Å². The van der Waals surface area contributed by atoms with E-state index in [2.05, 4.69) is 10.4 Å². The van der Waals surface area contributed by atoms with Crippen molar-refractivity contribution >= 4 is 28.8 Å². The molecule has 1 aromatic heterocycles. The van der Waals surface area contributed by atoms with Crippen molar-refractivity contribution < 1.29 is 0 Å². The summed E-state index contributed by atoms with van der Waals surface area (Å²) < 4.78 is 1.73. The van der Waals surface area contributed by atoms with E-state index in [-0.39, 0.29) is 0 Å². The van der Waals surface area contributed by atoms with E-state index in [0.29, 0.717) is 5.69 Å². The van der Waals surface area contributed by atoms with Crippen LogP contribution in [0.25, 0.3) is 0 Å². The highest BCUT2D eigenvalue weighted by molar-refractivity contribution is 6.30. The second-order valence-corrected chi connectivity index (χ2v) is 4.49. The van der Waals surface area contributed by atoms with Crippen molar-refractivity contribution in [3.05, 3.63) is 34.5 Å². The average molecular weight is 251 g/mol. The molecular formula is C12H15ClN4. The van der Waals surface area contributed by atoms with Crippen molar-refractivity contribution in [3.63, 3.8) is 0 Å². The van der Waals surface area contributed by atoms with Crippen molar-refractivity contribution in [2.45, 2.75) is 13.8 Å². The number of anilines is 3. The van der Waals surface area contributed by atoms with Gasteiger partial charge in [0.2, 0.25) is 0 Å². The van der Waals surface area contributed by atoms with Gasteiger partial charge in [-0.05, 0) is 37.6 Å². The molecule has 0 bridgehead atoms. The molecular weight excluding hydrogens is 236 g/mol. The van der Waals surface area contributed by atoms with Gasteiger partial charge in [0.1, 0.15) is 0 Å². The first kappa shape index (κ1) is 11.8. The lowest BCUT2D eigenvalue weighted by Gasteiger charge is -2.10. The smallest absolute Gasteiger partial charge is 0.152 e. The third kappa shape index (κ3) is 2.22. The van der Waals surface area contributed by atoms with Crippen molar-refractivity contribution in [1.82, 2.24) is 9.78 Å². The summed E-state index contributed by atoms with van der Waals surface area (Å²) in [7, 11) is 1.86. The lowest BCUT2D eigenvalue weighted by atomic mass is 10.2. The molecule has 0 saturated heterocycles. The Labute approximate surface area is 105 Å². The lowest BCUT2D eigenvalue weighted by Crippen LogP contribution is -2.02. The van der Waals surface area contributed by atoms with E-state index < -0.39 is 0 Å². The summed E-state index contributed by atoms with van der Waals surface area (Å²) in [6.45, 7) is 3.88. The second kappa shape index (κ2) is 4.30. The number of aromatic nitrogens is 2. The van der Waals surface area contributed by atoms with Gasteiger partial charge in [-0.3, -0.25) is 4.68 Å². The SMILES string of the molecule is Cc1cc(Cl)ccc1Nc1c(N)c(C)nn1C. The van der Waals surface area contributed by atoms with Crippen LogP contribution in [0.4, 0.5) is 17.2 Å². The second-order valence-electron chi connectivity index (χ2n) is 4.06. The molecule has 0 atom stereocenters. The fourth-order valence-corrected chi connectivity index (χ4v) is 1.94. The van der Waals surface area contributed by atoms with Gasteiger partial charge < -0.3 is 11.1 Å². The molecule has 0 aliphatic heterocycles. The summed E-state index contributed by atoms with van der Waals surface area (Å²) in [4.78, 5) is 0. The van der Waals surface area contributed by atoms with E-state index in [4.69, 9.17) is 17.3 Å². The number of nitrogens with two attached hydrogens (primary N) is 1. The standard InChI is InChI=1S/C12H15ClN4/c1-7-6-9(13)4-5-10(7)15-12-11(14)8(2)16-17(12)3/h4-6,15H,14H2,1-3H3. The largest absolute Gasteiger partial charge is 0.394 e. The van der Waals surface area contributed by atoms with Crippen molar-refractivity contribution in [2.24, 2.45) is 7.05 Å². The Morgan fingerprint density at radius 2 is 2.06 bits per heavy atom. The molecule has 0 fully saturated rings. The third-order valence-corrected chi connectivity index (χ3v) is 2.95. The third-order valence-electron chi connectivity index (χ3n) is 2.71. The van der Waals surface area contributed by atoms with Crippen LogP contribution in [0, 0.1) is 13.8 Å². The van der Waals surface area contributed by atoms with Crippen molar-refractivity contribution in [2.75, 3.05) is 11.1 Å². The summed E-state index contributed by atoms with van der Waals surface area (Å²) in [5.74, 6) is 0.799. The number of nitrogens with zero attached hydrogens (tertiary/aromatic N) is 2. The van der Waals surface area contributed by atoms with E-state index in [1.807, 2.05) is 39.1 Å². The van der Waals surface area contributed by atoms with E-state index in [1.54, 1.807) is 4.68 Å². The van der Waals surface area contributed by atoms with Crippen LogP contribution < -0.4 is 11.1 Å². The highest BCUT2D eigenvalue weighted by Crippen LogP contribution is 2.28. The zero-order valence-corrected chi connectivity index (χ0v) is 10.8. The molecule has 2 aromatic rings. The number of nitrogen functional groups attached to an aromatic ring is 1. The van der Waals surface area contributed by atoms with Gasteiger partial charge in [0.15, 0.2) is 5.82 Å². The zero-order chi connectivity index (χ0) is 12.6. The lowest BCUT2D eigenvalue weighted by molar-refractivity contribution is 0.765. The molecule has 4 nitrogen and oxygen atoms in total. The van der Waals surface area contributed by atoms with Crippen LogP contribution in [-0.4, -0.2) is 9.78 Å². The van der Waals surface area contributed by atoms with Crippen molar-refractivity contribution in [1.29, 1.82) is 0 Å². The molecule has 17 heavy (non-hydrogen) atoms. The van der Waals surface area contributed by atoms with Gasteiger partial charge in [0.05, 0.1) is 11.4 Å². The predicted molar refractivity (Wildman–Crippen MR) is 71.8 cm³/mol. The first-order chi connectivity index (χ1) is 7.99. The van der Waals surface area contributed by atoms with Gasteiger partial charge in [0.25, 0.3) is 0 Å². The van der Waals surface area contributed by atoms with Crippen LogP contribution in [0.2, 0.25) is 5.02 Å². The minimum atomic E-state index is 0.668. The zero-order valence-electron chi connectivity index (χ0n) is 10.1. The van der Waals surface area contributed by atoms with Crippen LogP contribution in [0.5, 0.6) is 0 Å². The van der Waals surface area contributed by atoms with Gasteiger partial charge in [0, 0.05) is 17.8 Å². The van der Waals surface area contributed by atoms with Crippen LogP contribution in [0.1, 0.15) is 11.3 Å². The summed E-state index contributed by atoms with van der Waals surface area (Å²) in [5, 5.41) is 8.25. The number of hydrogen-bond donors (Lipinski definition) is 2. The topological polar surface area (TPSA) is 55.9 Å². The number of rotatable bonds is 2. The van der Waals surface area contributed by atoms with Crippen molar-refractivity contribution in [3.8, 4) is 0 Å². The molecule has 5 heteroatoms. The molecule has 1 aromatic carbocycles. The number of nitrogens with one attached hydrogen (secondary N) is 1. The maximum absolute atomic E-state index is 5.96. The van der Waals surface area contributed by atoms with E-state index in [9.17, 15) is 0 Å². The molecule has 0 spiro atoms. The average Bonchev–Trinajstić information content (AvgIpc) is 2.48. The molecule has 0 unspecified atom stereocenters. The molecule has 1 heterocycles. The fourth-order valence-electron chi connectivity index (χ4n) is 1.72. The highest BCUT2D eigenvalue weighted by Gasteiger charge is 2.10. The van der Waals surface area contributed by atoms with Gasteiger partial charge in [-0.1, -0.05) is 11.6 Å². The van der Waals surface area contributed by atoms with Crippen LogP contribution >= 0.6 is 11.6 Å². The van der Waals surface area contributed by atoms with E-state index in [1.165, 1.54) is 0 Å². The van der Waals surface area contributed by atoms with Gasteiger partial charge in [-0.25, -0.2) is 0 Å². The normalized spacial score (nSPS) is 10.6. The Balaban J connectivity index is 2.38. The fraction of sp³-hybridized carbons (Fsp3) is 0.250. The summed E-state index contributed by atoms with van der Waals surface area (Å²) >= 11 is 5.92. The summed E-state index contributed by atoms with van der Waals surface area (Å²) in [6.07, 6.45) is 0. The molecule has 2 rings (SSSR count). The first-order valence-corrected chi connectivity index (χ1v) is 5.69. The predicted octanol–water partition coefficient (Wildman–Crippen LogP) is 3.02. The molecule has 0 aliphatic carbocycles. The van der Waals surface area contributed by atoms with E-state index in [0.717, 1.165) is 27.8 Å². The molecule has 0 aliphatic rings. The number of hydrogen-bond acceptors (Lipinski definition) is 3. The van der Waals surface area contributed by atoms with Crippen LogP contribution in [-0.2, 0) is 7.05 Å². The number of halogens is 1. The minimum absolute atomic E-state index is 0.668. The molecule has 0 saturated carbocycles. The number of aryl methyl sites for hydroxylation is 3. The molecule has 3 N–H and O–H groups in total. The Morgan fingerprint density at radius 1 is 1.35 bits per heavy atom.